The highest BCUT2D eigenvalue weighted by Gasteiger charge is 2.48. The fourth-order valence-electron chi connectivity index (χ4n) is 7.28. The van der Waals surface area contributed by atoms with E-state index in [0.29, 0.717) is 6.42 Å². The molecule has 0 heterocycles. The lowest BCUT2D eigenvalue weighted by atomic mass is 9.56. The third kappa shape index (κ3) is 3.92. The van der Waals surface area contributed by atoms with E-state index in [1.165, 1.54) is 0 Å². The Labute approximate surface area is 249 Å². The largest absolute Gasteiger partial charge is 0.508 e. The fraction of sp³-hybridized carbons (Fsp3) is 0.158. The number of rotatable bonds is 3. The molecule has 1 aliphatic carbocycles. The van der Waals surface area contributed by atoms with Crippen molar-refractivity contribution < 1.29 is 25.5 Å². The van der Waals surface area contributed by atoms with Crippen molar-refractivity contribution in [3.05, 3.63) is 114 Å². The minimum atomic E-state index is -0.738. The predicted octanol–water partition coefficient (Wildman–Crippen LogP) is 8.74. The standard InChI is InChI=1S/C38H32O5/c1-37(2,20-21-4-6-22(39)7-5-21)38(3)33-18-25(42)10-14-29(33)35-27-12-8-23(40)16-31(27)32-17-24(41)9-13-28(32)36(35)30-15-11-26(43)19-34(30)38/h4-19,39-43H,20H2,1-3H3. The molecule has 5 nitrogen and oxygen atoms in total. The van der Waals surface area contributed by atoms with E-state index in [0.717, 1.165) is 60.5 Å². The number of hydrogen-bond donors (Lipinski definition) is 5. The van der Waals surface area contributed by atoms with Gasteiger partial charge in [-0.2, -0.15) is 0 Å². The van der Waals surface area contributed by atoms with Crippen LogP contribution in [0.5, 0.6) is 28.7 Å². The minimum Gasteiger partial charge on any atom is -0.508 e. The van der Waals surface area contributed by atoms with Crippen molar-refractivity contribution in [1.82, 2.24) is 0 Å². The highest BCUT2D eigenvalue weighted by molar-refractivity contribution is 6.23. The van der Waals surface area contributed by atoms with Crippen LogP contribution in [0.4, 0.5) is 0 Å². The van der Waals surface area contributed by atoms with E-state index in [1.807, 2.05) is 48.5 Å². The number of fused-ring (bicyclic) bond motifs is 10. The van der Waals surface area contributed by atoms with Crippen LogP contribution in [0, 0.1) is 5.41 Å². The molecule has 0 saturated carbocycles. The van der Waals surface area contributed by atoms with Gasteiger partial charge in [-0.05, 0) is 133 Å². The van der Waals surface area contributed by atoms with Gasteiger partial charge in [0.15, 0.2) is 0 Å². The Morgan fingerprint density at radius 3 is 1.35 bits per heavy atom. The summed E-state index contributed by atoms with van der Waals surface area (Å²) in [6.07, 6.45) is 0.646. The van der Waals surface area contributed by atoms with Crippen LogP contribution in [0.25, 0.3) is 43.8 Å². The van der Waals surface area contributed by atoms with Crippen molar-refractivity contribution in [2.24, 2.45) is 5.41 Å². The molecule has 0 amide bonds. The lowest BCUT2D eigenvalue weighted by molar-refractivity contribution is 0.218. The van der Waals surface area contributed by atoms with Crippen molar-refractivity contribution >= 4 is 21.5 Å². The van der Waals surface area contributed by atoms with Gasteiger partial charge in [0.05, 0.1) is 0 Å². The molecule has 1 aliphatic rings. The van der Waals surface area contributed by atoms with Crippen molar-refractivity contribution in [2.45, 2.75) is 32.6 Å². The number of benzene rings is 6. The second-order valence-electron chi connectivity index (χ2n) is 12.5. The third-order valence-electron chi connectivity index (χ3n) is 9.64. The van der Waals surface area contributed by atoms with Crippen molar-refractivity contribution in [2.75, 3.05) is 0 Å². The summed E-state index contributed by atoms with van der Waals surface area (Å²) in [7, 11) is 0. The van der Waals surface area contributed by atoms with Crippen molar-refractivity contribution in [3.8, 4) is 51.0 Å². The topological polar surface area (TPSA) is 101 Å². The summed E-state index contributed by atoms with van der Waals surface area (Å²) >= 11 is 0. The number of hydrogen-bond acceptors (Lipinski definition) is 5. The van der Waals surface area contributed by atoms with Gasteiger partial charge in [0.25, 0.3) is 0 Å². The molecule has 0 radical (unpaired) electrons. The summed E-state index contributed by atoms with van der Waals surface area (Å²) in [5.41, 5.74) is 5.46. The van der Waals surface area contributed by atoms with E-state index in [1.54, 1.807) is 48.5 Å². The zero-order valence-corrected chi connectivity index (χ0v) is 24.2. The second-order valence-corrected chi connectivity index (χ2v) is 12.5. The van der Waals surface area contributed by atoms with Crippen LogP contribution in [0.3, 0.4) is 0 Å². The molecule has 0 unspecified atom stereocenters. The van der Waals surface area contributed by atoms with Gasteiger partial charge in [-0.15, -0.1) is 0 Å². The lowest BCUT2D eigenvalue weighted by Gasteiger charge is -2.46. The van der Waals surface area contributed by atoms with Gasteiger partial charge < -0.3 is 25.5 Å². The molecule has 0 fully saturated rings. The minimum absolute atomic E-state index is 0.127. The third-order valence-corrected chi connectivity index (χ3v) is 9.64. The van der Waals surface area contributed by atoms with E-state index >= 15 is 0 Å². The maximum atomic E-state index is 11.0. The summed E-state index contributed by atoms with van der Waals surface area (Å²) in [6, 6.07) is 28.9. The molecule has 6 aromatic carbocycles. The summed E-state index contributed by atoms with van der Waals surface area (Å²) < 4.78 is 0. The average Bonchev–Trinajstić information content (AvgIpc) is 3.06. The SMILES string of the molecule is CC(C)(Cc1ccc(O)cc1)C1(C)c2cc(O)ccc2-c2c(c3ccc(O)cc3c3cc(O)ccc23)-c2ccc(O)cc21. The van der Waals surface area contributed by atoms with Crippen LogP contribution >= 0.6 is 0 Å². The van der Waals surface area contributed by atoms with E-state index in [2.05, 4.69) is 20.8 Å². The van der Waals surface area contributed by atoms with Crippen molar-refractivity contribution in [1.29, 1.82) is 0 Å². The number of aromatic hydroxyl groups is 5. The van der Waals surface area contributed by atoms with Gasteiger partial charge in [0.2, 0.25) is 0 Å². The molecule has 43 heavy (non-hydrogen) atoms. The van der Waals surface area contributed by atoms with Crippen LogP contribution in [0.2, 0.25) is 0 Å². The number of phenols is 5. The highest BCUT2D eigenvalue weighted by atomic mass is 16.3. The van der Waals surface area contributed by atoms with Crippen molar-refractivity contribution in [3.63, 3.8) is 0 Å². The molecule has 7 rings (SSSR count). The van der Waals surface area contributed by atoms with Gasteiger partial charge in [0.1, 0.15) is 28.7 Å². The van der Waals surface area contributed by atoms with E-state index in [4.69, 9.17) is 0 Å². The van der Waals surface area contributed by atoms with Crippen LogP contribution in [-0.2, 0) is 11.8 Å². The Kier molecular flexibility index (Phi) is 5.70. The smallest absolute Gasteiger partial charge is 0.116 e. The van der Waals surface area contributed by atoms with Crippen LogP contribution in [0.15, 0.2) is 97.1 Å². The summed E-state index contributed by atoms with van der Waals surface area (Å²) in [4.78, 5) is 0. The normalized spacial score (nSPS) is 13.7. The zero-order valence-electron chi connectivity index (χ0n) is 24.2. The maximum Gasteiger partial charge on any atom is 0.116 e. The Hall–Kier alpha value is -5.16. The molecule has 0 aliphatic heterocycles. The average molecular weight is 569 g/mol. The molecule has 0 saturated heterocycles. The second kappa shape index (κ2) is 9.17. The molecule has 0 bridgehead atoms. The monoisotopic (exact) mass is 568 g/mol. The lowest BCUT2D eigenvalue weighted by Crippen LogP contribution is -2.42. The quantitative estimate of drug-likeness (QED) is 0.137. The predicted molar refractivity (Wildman–Crippen MR) is 171 cm³/mol. The molecule has 0 aromatic heterocycles. The van der Waals surface area contributed by atoms with Crippen LogP contribution < -0.4 is 0 Å². The van der Waals surface area contributed by atoms with E-state index in [-0.39, 0.29) is 28.7 Å². The summed E-state index contributed by atoms with van der Waals surface area (Å²) in [6.45, 7) is 6.57. The Bertz CT molecular complexity index is 1970. The molecular formula is C38H32O5. The first-order valence-corrected chi connectivity index (χ1v) is 14.3. The van der Waals surface area contributed by atoms with Crippen LogP contribution in [0.1, 0.15) is 37.5 Å². The Morgan fingerprint density at radius 2 is 0.884 bits per heavy atom. The highest BCUT2D eigenvalue weighted by Crippen LogP contribution is 2.60. The van der Waals surface area contributed by atoms with Gasteiger partial charge in [-0.3, -0.25) is 0 Å². The first-order chi connectivity index (χ1) is 20.5. The molecular weight excluding hydrogens is 536 g/mol. The van der Waals surface area contributed by atoms with E-state index in [9.17, 15) is 25.5 Å². The molecule has 5 heteroatoms. The zero-order chi connectivity index (χ0) is 30.3. The van der Waals surface area contributed by atoms with Gasteiger partial charge in [-0.1, -0.05) is 57.2 Å². The first-order valence-electron chi connectivity index (χ1n) is 14.3. The molecule has 0 atom stereocenters. The van der Waals surface area contributed by atoms with Gasteiger partial charge in [-0.25, -0.2) is 0 Å². The molecule has 6 aromatic rings. The van der Waals surface area contributed by atoms with Gasteiger partial charge >= 0.3 is 0 Å². The van der Waals surface area contributed by atoms with Gasteiger partial charge in [0, 0.05) is 5.41 Å². The summed E-state index contributed by atoms with van der Waals surface area (Å²) in [5, 5.41) is 56.4. The molecule has 0 spiro atoms. The Balaban J connectivity index is 1.68. The number of phenolic OH excluding ortho intramolecular Hbond substituents is 5. The Morgan fingerprint density at radius 1 is 0.488 bits per heavy atom. The summed E-state index contributed by atoms with van der Waals surface area (Å²) in [5.74, 6) is 0.745. The van der Waals surface area contributed by atoms with E-state index < -0.39 is 10.8 Å². The molecule has 5 N–H and O–H groups in total. The van der Waals surface area contributed by atoms with Crippen LogP contribution in [-0.4, -0.2) is 25.5 Å². The fourth-order valence-corrected chi connectivity index (χ4v) is 7.28. The first kappa shape index (κ1) is 26.7. The maximum absolute atomic E-state index is 11.0. The molecule has 214 valence electrons.